The molecule has 114 valence electrons. The second-order valence-corrected chi connectivity index (χ2v) is 5.50. The molecule has 1 atom stereocenters. The molecule has 2 aromatic rings. The molecule has 21 heavy (non-hydrogen) atoms. The summed E-state index contributed by atoms with van der Waals surface area (Å²) in [6, 6.07) is 5.41. The maximum Gasteiger partial charge on any atom is 0.150 e. The summed E-state index contributed by atoms with van der Waals surface area (Å²) in [6.45, 7) is 7.22. The second kappa shape index (κ2) is 6.74. The first-order chi connectivity index (χ1) is 10.1. The first kappa shape index (κ1) is 15.5. The van der Waals surface area contributed by atoms with E-state index in [2.05, 4.69) is 30.7 Å². The molecule has 0 aliphatic heterocycles. The zero-order valence-corrected chi connectivity index (χ0v) is 13.1. The van der Waals surface area contributed by atoms with Gasteiger partial charge in [0.05, 0.1) is 5.52 Å². The molecule has 1 unspecified atom stereocenters. The summed E-state index contributed by atoms with van der Waals surface area (Å²) >= 11 is 0. The van der Waals surface area contributed by atoms with Crippen molar-refractivity contribution in [1.82, 2.24) is 4.98 Å². The van der Waals surface area contributed by atoms with Gasteiger partial charge in [0.1, 0.15) is 5.69 Å². The summed E-state index contributed by atoms with van der Waals surface area (Å²) < 4.78 is 14.6. The van der Waals surface area contributed by atoms with Crippen LogP contribution in [0.2, 0.25) is 0 Å². The molecule has 0 saturated carbocycles. The Morgan fingerprint density at radius 1 is 1.38 bits per heavy atom. The SMILES string of the molecule is CCCCN(c1c(F)cc(N)c2cccnc12)C(C)CC. The molecule has 0 spiro atoms. The maximum absolute atomic E-state index is 14.6. The van der Waals surface area contributed by atoms with Gasteiger partial charge >= 0.3 is 0 Å². The predicted molar refractivity (Wildman–Crippen MR) is 88.1 cm³/mol. The molecule has 0 aliphatic carbocycles. The topological polar surface area (TPSA) is 42.1 Å². The van der Waals surface area contributed by atoms with Gasteiger partial charge in [-0.05, 0) is 38.0 Å². The van der Waals surface area contributed by atoms with Gasteiger partial charge in [0.2, 0.25) is 0 Å². The Labute approximate surface area is 126 Å². The molecule has 0 aliphatic rings. The Balaban J connectivity index is 2.61. The number of benzene rings is 1. The summed E-state index contributed by atoms with van der Waals surface area (Å²) in [5.41, 5.74) is 7.62. The number of nitrogens with two attached hydrogens (primary N) is 1. The van der Waals surface area contributed by atoms with Crippen molar-refractivity contribution in [1.29, 1.82) is 0 Å². The second-order valence-electron chi connectivity index (χ2n) is 5.50. The zero-order valence-electron chi connectivity index (χ0n) is 13.1. The molecule has 0 radical (unpaired) electrons. The van der Waals surface area contributed by atoms with Gasteiger partial charge in [-0.3, -0.25) is 4.98 Å². The van der Waals surface area contributed by atoms with E-state index in [1.54, 1.807) is 6.20 Å². The normalized spacial score (nSPS) is 12.6. The fourth-order valence-corrected chi connectivity index (χ4v) is 2.60. The highest BCUT2D eigenvalue weighted by atomic mass is 19.1. The summed E-state index contributed by atoms with van der Waals surface area (Å²) in [6.07, 6.45) is 4.76. The van der Waals surface area contributed by atoms with Gasteiger partial charge in [0.15, 0.2) is 5.82 Å². The van der Waals surface area contributed by atoms with Crippen molar-refractivity contribution in [2.45, 2.75) is 46.1 Å². The number of hydrogen-bond acceptors (Lipinski definition) is 3. The summed E-state index contributed by atoms with van der Waals surface area (Å²) in [5.74, 6) is -0.282. The lowest BCUT2D eigenvalue weighted by Gasteiger charge is -2.32. The smallest absolute Gasteiger partial charge is 0.150 e. The summed E-state index contributed by atoms with van der Waals surface area (Å²) in [4.78, 5) is 6.52. The predicted octanol–water partition coefficient (Wildman–Crippen LogP) is 4.36. The van der Waals surface area contributed by atoms with Crippen LogP contribution in [0.4, 0.5) is 15.8 Å². The Morgan fingerprint density at radius 2 is 2.14 bits per heavy atom. The molecule has 0 amide bonds. The fourth-order valence-electron chi connectivity index (χ4n) is 2.60. The van der Waals surface area contributed by atoms with Crippen molar-refractivity contribution in [3.05, 3.63) is 30.2 Å². The van der Waals surface area contributed by atoms with E-state index in [1.165, 1.54) is 6.07 Å². The summed E-state index contributed by atoms with van der Waals surface area (Å²) in [5, 5.41) is 0.818. The minimum atomic E-state index is -0.282. The van der Waals surface area contributed by atoms with Crippen molar-refractivity contribution in [3.8, 4) is 0 Å². The zero-order chi connectivity index (χ0) is 15.4. The Hall–Kier alpha value is -1.84. The van der Waals surface area contributed by atoms with E-state index in [0.717, 1.165) is 31.2 Å². The molecule has 3 nitrogen and oxygen atoms in total. The number of hydrogen-bond donors (Lipinski definition) is 1. The van der Waals surface area contributed by atoms with Crippen LogP contribution in [-0.4, -0.2) is 17.6 Å². The number of pyridine rings is 1. The number of aromatic nitrogens is 1. The Bertz CT molecular complexity index is 612. The molecule has 0 fully saturated rings. The Kier molecular flexibility index (Phi) is 4.99. The van der Waals surface area contributed by atoms with E-state index in [4.69, 9.17) is 5.73 Å². The van der Waals surface area contributed by atoms with Crippen molar-refractivity contribution in [2.24, 2.45) is 0 Å². The van der Waals surface area contributed by atoms with Crippen LogP contribution in [0.3, 0.4) is 0 Å². The third-order valence-corrected chi connectivity index (χ3v) is 4.01. The quantitative estimate of drug-likeness (QED) is 0.803. The van der Waals surface area contributed by atoms with E-state index in [9.17, 15) is 4.39 Å². The lowest BCUT2D eigenvalue weighted by Crippen LogP contribution is -2.34. The van der Waals surface area contributed by atoms with Gasteiger partial charge in [-0.25, -0.2) is 4.39 Å². The standard InChI is InChI=1S/C17H24FN3/c1-4-6-10-21(12(3)5-2)17-14(18)11-15(19)13-8-7-9-20-16(13)17/h7-9,11-12H,4-6,10,19H2,1-3H3. The third-order valence-electron chi connectivity index (χ3n) is 4.01. The first-order valence-electron chi connectivity index (χ1n) is 7.69. The minimum absolute atomic E-state index is 0.264. The monoisotopic (exact) mass is 289 g/mol. The number of anilines is 2. The van der Waals surface area contributed by atoms with Crippen LogP contribution in [0.1, 0.15) is 40.0 Å². The number of nitrogen functional groups attached to an aromatic ring is 1. The van der Waals surface area contributed by atoms with Crippen LogP contribution in [-0.2, 0) is 0 Å². The molecular formula is C17H24FN3. The molecular weight excluding hydrogens is 265 g/mol. The van der Waals surface area contributed by atoms with Crippen LogP contribution >= 0.6 is 0 Å². The molecule has 2 N–H and O–H groups in total. The number of halogens is 1. The molecule has 0 bridgehead atoms. The fraction of sp³-hybridized carbons (Fsp3) is 0.471. The average Bonchev–Trinajstić information content (AvgIpc) is 2.49. The van der Waals surface area contributed by atoms with Gasteiger partial charge < -0.3 is 10.6 Å². The molecule has 1 heterocycles. The maximum atomic E-state index is 14.6. The van der Waals surface area contributed by atoms with E-state index in [1.807, 2.05) is 12.1 Å². The van der Waals surface area contributed by atoms with Crippen molar-refractivity contribution >= 4 is 22.3 Å². The highest BCUT2D eigenvalue weighted by molar-refractivity contribution is 5.99. The molecule has 1 aromatic heterocycles. The molecule has 2 rings (SSSR count). The van der Waals surface area contributed by atoms with Gasteiger partial charge in [0.25, 0.3) is 0 Å². The first-order valence-corrected chi connectivity index (χ1v) is 7.69. The van der Waals surface area contributed by atoms with E-state index < -0.39 is 0 Å². The Morgan fingerprint density at radius 3 is 2.81 bits per heavy atom. The van der Waals surface area contributed by atoms with Crippen LogP contribution in [0.15, 0.2) is 24.4 Å². The number of rotatable bonds is 6. The van der Waals surface area contributed by atoms with Gasteiger partial charge in [0, 0.05) is 29.9 Å². The lowest BCUT2D eigenvalue weighted by atomic mass is 10.1. The minimum Gasteiger partial charge on any atom is -0.398 e. The summed E-state index contributed by atoms with van der Waals surface area (Å²) in [7, 11) is 0. The van der Waals surface area contributed by atoms with Crippen LogP contribution in [0.5, 0.6) is 0 Å². The van der Waals surface area contributed by atoms with E-state index in [-0.39, 0.29) is 11.9 Å². The number of fused-ring (bicyclic) bond motifs is 1. The van der Waals surface area contributed by atoms with Crippen LogP contribution < -0.4 is 10.6 Å². The molecule has 1 aromatic carbocycles. The number of unbranched alkanes of at least 4 members (excludes halogenated alkanes) is 1. The van der Waals surface area contributed by atoms with Gasteiger partial charge in [-0.1, -0.05) is 20.3 Å². The lowest BCUT2D eigenvalue weighted by molar-refractivity contribution is 0.567. The van der Waals surface area contributed by atoms with Crippen molar-refractivity contribution in [3.63, 3.8) is 0 Å². The highest BCUT2D eigenvalue weighted by Crippen LogP contribution is 2.34. The van der Waals surface area contributed by atoms with E-state index >= 15 is 0 Å². The molecule has 4 heteroatoms. The number of nitrogens with zero attached hydrogens (tertiary/aromatic N) is 2. The van der Waals surface area contributed by atoms with Crippen molar-refractivity contribution < 1.29 is 4.39 Å². The average molecular weight is 289 g/mol. The van der Waals surface area contributed by atoms with Crippen molar-refractivity contribution in [2.75, 3.05) is 17.2 Å². The van der Waals surface area contributed by atoms with Crippen LogP contribution in [0, 0.1) is 5.82 Å². The van der Waals surface area contributed by atoms with Crippen LogP contribution in [0.25, 0.3) is 10.9 Å². The highest BCUT2D eigenvalue weighted by Gasteiger charge is 2.21. The van der Waals surface area contributed by atoms with Gasteiger partial charge in [-0.2, -0.15) is 0 Å². The van der Waals surface area contributed by atoms with Gasteiger partial charge in [-0.15, -0.1) is 0 Å². The largest absolute Gasteiger partial charge is 0.398 e. The third kappa shape index (κ3) is 3.09. The van der Waals surface area contributed by atoms with E-state index in [0.29, 0.717) is 16.9 Å². The molecule has 0 saturated heterocycles.